The van der Waals surface area contributed by atoms with E-state index in [9.17, 15) is 4.79 Å². The second-order valence-electron chi connectivity index (χ2n) is 4.81. The zero-order valence-corrected chi connectivity index (χ0v) is 11.8. The Morgan fingerprint density at radius 1 is 1.12 bits per heavy atom. The number of carbonyl (C=O) groups is 1. The van der Waals surface area contributed by atoms with Crippen LogP contribution in [0.1, 0.15) is 45.7 Å². The van der Waals surface area contributed by atoms with Gasteiger partial charge in [-0.25, -0.2) is 0 Å². The van der Waals surface area contributed by atoms with E-state index >= 15 is 0 Å². The molecule has 96 valence electrons. The van der Waals surface area contributed by atoms with E-state index in [-0.39, 0.29) is 5.97 Å². The summed E-state index contributed by atoms with van der Waals surface area (Å²) >= 11 is 0. The standard InChI is InChI=1S/C13H18O2.C2H6/c1-10-5-7-11(8-6-10)9-15-12(14)13(2,3)4;1-2/h5-8H,9H2,1-4H3;1-2H3. The lowest BCUT2D eigenvalue weighted by Gasteiger charge is -2.16. The first-order valence-electron chi connectivity index (χ1n) is 6.12. The highest BCUT2D eigenvalue weighted by molar-refractivity contribution is 5.75. The first-order chi connectivity index (χ1) is 7.89. The molecule has 17 heavy (non-hydrogen) atoms. The van der Waals surface area contributed by atoms with E-state index in [1.54, 1.807) is 0 Å². The summed E-state index contributed by atoms with van der Waals surface area (Å²) in [5.74, 6) is -0.164. The highest BCUT2D eigenvalue weighted by Gasteiger charge is 2.22. The summed E-state index contributed by atoms with van der Waals surface area (Å²) in [6.07, 6.45) is 0. The van der Waals surface area contributed by atoms with Crippen LogP contribution in [0, 0.1) is 12.3 Å². The molecule has 0 atom stereocenters. The van der Waals surface area contributed by atoms with Crippen molar-refractivity contribution in [3.05, 3.63) is 35.4 Å². The lowest BCUT2D eigenvalue weighted by atomic mass is 9.97. The van der Waals surface area contributed by atoms with Gasteiger partial charge in [0.25, 0.3) is 0 Å². The van der Waals surface area contributed by atoms with Crippen LogP contribution in [-0.4, -0.2) is 5.97 Å². The number of benzene rings is 1. The Morgan fingerprint density at radius 3 is 2.00 bits per heavy atom. The van der Waals surface area contributed by atoms with Gasteiger partial charge in [-0.05, 0) is 33.3 Å². The van der Waals surface area contributed by atoms with Crippen molar-refractivity contribution in [2.75, 3.05) is 0 Å². The van der Waals surface area contributed by atoms with Crippen LogP contribution in [0.4, 0.5) is 0 Å². The number of esters is 1. The molecule has 2 nitrogen and oxygen atoms in total. The van der Waals surface area contributed by atoms with Gasteiger partial charge in [0.2, 0.25) is 0 Å². The summed E-state index contributed by atoms with van der Waals surface area (Å²) in [5.41, 5.74) is 1.81. The summed E-state index contributed by atoms with van der Waals surface area (Å²) < 4.78 is 5.19. The highest BCUT2D eigenvalue weighted by Crippen LogP contribution is 2.16. The summed E-state index contributed by atoms with van der Waals surface area (Å²) in [5, 5.41) is 0. The van der Waals surface area contributed by atoms with E-state index in [4.69, 9.17) is 4.74 Å². The van der Waals surface area contributed by atoms with Gasteiger partial charge in [0.1, 0.15) is 6.61 Å². The van der Waals surface area contributed by atoms with Gasteiger partial charge in [-0.2, -0.15) is 0 Å². The molecular formula is C15H24O2. The molecule has 1 aromatic rings. The molecule has 0 aliphatic heterocycles. The Bertz CT molecular complexity index is 331. The SMILES string of the molecule is CC.Cc1ccc(COC(=O)C(C)(C)C)cc1. The molecule has 0 radical (unpaired) electrons. The van der Waals surface area contributed by atoms with Gasteiger partial charge < -0.3 is 4.74 Å². The molecule has 0 bridgehead atoms. The number of carbonyl (C=O) groups excluding carboxylic acids is 1. The summed E-state index contributed by atoms with van der Waals surface area (Å²) in [6.45, 7) is 11.9. The third kappa shape index (κ3) is 6.10. The van der Waals surface area contributed by atoms with Crippen LogP contribution in [0.2, 0.25) is 0 Å². The molecule has 0 heterocycles. The second kappa shape index (κ2) is 7.10. The quantitative estimate of drug-likeness (QED) is 0.722. The van der Waals surface area contributed by atoms with Gasteiger partial charge >= 0.3 is 5.97 Å². The molecule has 0 N–H and O–H groups in total. The molecule has 1 aromatic carbocycles. The summed E-state index contributed by atoms with van der Waals surface area (Å²) in [6, 6.07) is 7.98. The fourth-order valence-electron chi connectivity index (χ4n) is 1.05. The lowest BCUT2D eigenvalue weighted by Crippen LogP contribution is -2.22. The molecular weight excluding hydrogens is 212 g/mol. The molecule has 0 aliphatic rings. The van der Waals surface area contributed by atoms with Crippen molar-refractivity contribution in [1.29, 1.82) is 0 Å². The van der Waals surface area contributed by atoms with Crippen LogP contribution in [-0.2, 0) is 16.1 Å². The van der Waals surface area contributed by atoms with E-state index in [1.165, 1.54) is 5.56 Å². The molecule has 0 spiro atoms. The molecule has 0 fully saturated rings. The monoisotopic (exact) mass is 236 g/mol. The van der Waals surface area contributed by atoms with Crippen LogP contribution in [0.5, 0.6) is 0 Å². The van der Waals surface area contributed by atoms with Crippen molar-refractivity contribution in [1.82, 2.24) is 0 Å². The van der Waals surface area contributed by atoms with Crippen LogP contribution in [0.15, 0.2) is 24.3 Å². The topological polar surface area (TPSA) is 26.3 Å². The van der Waals surface area contributed by atoms with Crippen LogP contribution in [0.3, 0.4) is 0 Å². The van der Waals surface area contributed by atoms with Crippen LogP contribution >= 0.6 is 0 Å². The molecule has 0 aliphatic carbocycles. The number of aryl methyl sites for hydroxylation is 1. The predicted octanol–water partition coefficient (Wildman–Crippen LogP) is 4.11. The molecule has 1 rings (SSSR count). The Hall–Kier alpha value is -1.31. The number of rotatable bonds is 2. The van der Waals surface area contributed by atoms with Gasteiger partial charge in [-0.15, -0.1) is 0 Å². The van der Waals surface area contributed by atoms with Crippen LogP contribution < -0.4 is 0 Å². The normalized spacial score (nSPS) is 10.2. The minimum absolute atomic E-state index is 0.164. The van der Waals surface area contributed by atoms with Crippen molar-refractivity contribution in [2.45, 2.75) is 48.1 Å². The highest BCUT2D eigenvalue weighted by atomic mass is 16.5. The lowest BCUT2D eigenvalue weighted by molar-refractivity contribution is -0.154. The largest absolute Gasteiger partial charge is 0.460 e. The molecule has 2 heteroatoms. The zero-order chi connectivity index (χ0) is 13.5. The fourth-order valence-corrected chi connectivity index (χ4v) is 1.05. The predicted molar refractivity (Wildman–Crippen MR) is 71.8 cm³/mol. The summed E-state index contributed by atoms with van der Waals surface area (Å²) in [4.78, 5) is 11.5. The molecule has 0 amide bonds. The van der Waals surface area contributed by atoms with Crippen molar-refractivity contribution in [2.24, 2.45) is 5.41 Å². The number of hydrogen-bond donors (Lipinski definition) is 0. The number of ether oxygens (including phenoxy) is 1. The third-order valence-corrected chi connectivity index (χ3v) is 2.10. The Balaban J connectivity index is 0.00000121. The Morgan fingerprint density at radius 2 is 1.59 bits per heavy atom. The average Bonchev–Trinajstić information content (AvgIpc) is 2.29. The molecule has 0 unspecified atom stereocenters. The molecule has 0 saturated heterocycles. The zero-order valence-electron chi connectivity index (χ0n) is 11.8. The average molecular weight is 236 g/mol. The van der Waals surface area contributed by atoms with Gasteiger partial charge in [-0.1, -0.05) is 43.7 Å². The van der Waals surface area contributed by atoms with E-state index < -0.39 is 5.41 Å². The van der Waals surface area contributed by atoms with E-state index in [0.717, 1.165) is 5.56 Å². The maximum absolute atomic E-state index is 11.5. The second-order valence-corrected chi connectivity index (χ2v) is 4.81. The Labute approximate surface area is 105 Å². The maximum Gasteiger partial charge on any atom is 0.311 e. The van der Waals surface area contributed by atoms with Crippen LogP contribution in [0.25, 0.3) is 0 Å². The van der Waals surface area contributed by atoms with E-state index in [0.29, 0.717) is 6.61 Å². The van der Waals surface area contributed by atoms with Crippen molar-refractivity contribution < 1.29 is 9.53 Å². The first-order valence-corrected chi connectivity index (χ1v) is 6.12. The maximum atomic E-state index is 11.5. The smallest absolute Gasteiger partial charge is 0.311 e. The van der Waals surface area contributed by atoms with Crippen molar-refractivity contribution in [3.8, 4) is 0 Å². The molecule has 0 saturated carbocycles. The van der Waals surface area contributed by atoms with Gasteiger partial charge in [0, 0.05) is 0 Å². The van der Waals surface area contributed by atoms with Gasteiger partial charge in [0.15, 0.2) is 0 Å². The van der Waals surface area contributed by atoms with Crippen molar-refractivity contribution >= 4 is 5.97 Å². The summed E-state index contributed by atoms with van der Waals surface area (Å²) in [7, 11) is 0. The number of hydrogen-bond acceptors (Lipinski definition) is 2. The first kappa shape index (κ1) is 15.7. The third-order valence-electron chi connectivity index (χ3n) is 2.10. The fraction of sp³-hybridized carbons (Fsp3) is 0.533. The minimum atomic E-state index is -0.426. The van der Waals surface area contributed by atoms with E-state index in [2.05, 4.69) is 0 Å². The molecule has 0 aromatic heterocycles. The van der Waals surface area contributed by atoms with Crippen molar-refractivity contribution in [3.63, 3.8) is 0 Å². The van der Waals surface area contributed by atoms with Gasteiger partial charge in [-0.3, -0.25) is 4.79 Å². The Kier molecular flexibility index (Phi) is 6.55. The van der Waals surface area contributed by atoms with E-state index in [1.807, 2.05) is 65.8 Å². The minimum Gasteiger partial charge on any atom is -0.460 e. The van der Waals surface area contributed by atoms with Gasteiger partial charge in [0.05, 0.1) is 5.41 Å².